The molecular formula is C43H49N. The highest BCUT2D eigenvalue weighted by Gasteiger charge is 2.33. The predicted molar refractivity (Wildman–Crippen MR) is 193 cm³/mol. The molecule has 0 aromatic heterocycles. The van der Waals surface area contributed by atoms with Crippen LogP contribution in [-0.2, 0) is 21.7 Å². The molecule has 0 bridgehead atoms. The maximum atomic E-state index is 3.90. The number of rotatable bonds is 3. The molecule has 1 N–H and O–H groups in total. The average Bonchev–Trinajstić information content (AvgIpc) is 2.94. The van der Waals surface area contributed by atoms with Crippen molar-refractivity contribution in [1.29, 1.82) is 0 Å². The van der Waals surface area contributed by atoms with Crippen LogP contribution < -0.4 is 5.32 Å². The molecule has 1 aliphatic rings. The molecule has 6 rings (SSSR count). The van der Waals surface area contributed by atoms with Crippen molar-refractivity contribution in [3.8, 4) is 22.3 Å². The Hall–Kier alpha value is -3.84. The van der Waals surface area contributed by atoms with E-state index in [4.69, 9.17) is 0 Å². The molecule has 0 saturated carbocycles. The van der Waals surface area contributed by atoms with E-state index in [0.717, 1.165) is 11.4 Å². The monoisotopic (exact) mass is 579 g/mol. The minimum Gasteiger partial charge on any atom is -0.355 e. The van der Waals surface area contributed by atoms with Crippen molar-refractivity contribution < 1.29 is 0 Å². The number of hydrogen-bond donors (Lipinski definition) is 1. The maximum Gasteiger partial charge on any atom is 0.0464 e. The van der Waals surface area contributed by atoms with Crippen LogP contribution in [0.1, 0.15) is 104 Å². The van der Waals surface area contributed by atoms with Crippen LogP contribution in [0, 0.1) is 0 Å². The van der Waals surface area contributed by atoms with E-state index in [1.807, 2.05) is 0 Å². The van der Waals surface area contributed by atoms with Crippen molar-refractivity contribution in [2.24, 2.45) is 0 Å². The van der Waals surface area contributed by atoms with Crippen molar-refractivity contribution in [2.45, 2.75) is 97.8 Å². The molecule has 0 heterocycles. The summed E-state index contributed by atoms with van der Waals surface area (Å²) in [7, 11) is 0. The van der Waals surface area contributed by atoms with Crippen LogP contribution in [0.2, 0.25) is 0 Å². The lowest BCUT2D eigenvalue weighted by Gasteiger charge is -2.35. The number of anilines is 2. The number of hydrogen-bond acceptors (Lipinski definition) is 1. The van der Waals surface area contributed by atoms with Crippen LogP contribution in [0.5, 0.6) is 0 Å². The summed E-state index contributed by atoms with van der Waals surface area (Å²) >= 11 is 0. The van der Waals surface area contributed by atoms with Crippen LogP contribution in [0.4, 0.5) is 11.4 Å². The molecule has 0 spiro atoms. The molecule has 5 aromatic rings. The predicted octanol–water partition coefficient (Wildman–Crippen LogP) is 12.4. The Bertz CT molecular complexity index is 1860. The molecule has 1 nitrogen and oxygen atoms in total. The van der Waals surface area contributed by atoms with Crippen LogP contribution in [-0.4, -0.2) is 0 Å². The summed E-state index contributed by atoms with van der Waals surface area (Å²) in [5, 5.41) is 6.59. The molecule has 0 radical (unpaired) electrons. The first-order chi connectivity index (χ1) is 20.4. The van der Waals surface area contributed by atoms with E-state index in [2.05, 4.69) is 172 Å². The zero-order valence-electron chi connectivity index (χ0n) is 28.7. The quantitative estimate of drug-likeness (QED) is 0.224. The summed E-state index contributed by atoms with van der Waals surface area (Å²) in [5.74, 6) is 0. The Kier molecular flexibility index (Phi) is 6.93. The zero-order valence-corrected chi connectivity index (χ0v) is 28.7. The van der Waals surface area contributed by atoms with Gasteiger partial charge in [0.2, 0.25) is 0 Å². The third-order valence-electron chi connectivity index (χ3n) is 9.70. The highest BCUT2D eigenvalue weighted by molar-refractivity contribution is 6.03. The molecule has 0 unspecified atom stereocenters. The molecular weight excluding hydrogens is 530 g/mol. The van der Waals surface area contributed by atoms with Gasteiger partial charge in [-0.15, -0.1) is 0 Å². The summed E-state index contributed by atoms with van der Waals surface area (Å²) in [4.78, 5) is 0. The smallest absolute Gasteiger partial charge is 0.0464 e. The Morgan fingerprint density at radius 1 is 0.500 bits per heavy atom. The van der Waals surface area contributed by atoms with Gasteiger partial charge in [0, 0.05) is 22.4 Å². The lowest BCUT2D eigenvalue weighted by Crippen LogP contribution is -2.23. The minimum atomic E-state index is -0.0714. The zero-order chi connectivity index (χ0) is 31.8. The van der Waals surface area contributed by atoms with Gasteiger partial charge in [0.25, 0.3) is 0 Å². The summed E-state index contributed by atoms with van der Waals surface area (Å²) in [6.07, 6.45) is 0. The number of nitrogens with one attached hydrogen (secondary N) is 1. The first kappa shape index (κ1) is 30.2. The lowest BCUT2D eigenvalue weighted by atomic mass is 9.68. The van der Waals surface area contributed by atoms with Gasteiger partial charge in [0.15, 0.2) is 0 Å². The van der Waals surface area contributed by atoms with E-state index in [1.54, 1.807) is 0 Å². The van der Waals surface area contributed by atoms with Crippen molar-refractivity contribution in [1.82, 2.24) is 0 Å². The molecule has 0 saturated heterocycles. The largest absolute Gasteiger partial charge is 0.355 e. The van der Waals surface area contributed by atoms with Crippen molar-refractivity contribution in [3.63, 3.8) is 0 Å². The third-order valence-corrected chi connectivity index (χ3v) is 9.70. The molecule has 0 atom stereocenters. The SMILES string of the molecule is CC(C)(C)c1cc(-c2cc(C(C)(C)C)ccc2Nc2ccc3c(c2)-c2cccc4cccc(c24)C3(C)C)cc(C(C)(C)C)c1. The van der Waals surface area contributed by atoms with Gasteiger partial charge in [-0.3, -0.25) is 0 Å². The van der Waals surface area contributed by atoms with Gasteiger partial charge in [0.1, 0.15) is 0 Å². The molecule has 0 amide bonds. The highest BCUT2D eigenvalue weighted by Crippen LogP contribution is 2.49. The van der Waals surface area contributed by atoms with Crippen molar-refractivity contribution in [2.75, 3.05) is 5.32 Å². The van der Waals surface area contributed by atoms with Gasteiger partial charge < -0.3 is 5.32 Å². The fraction of sp³-hybridized carbons (Fsp3) is 0.349. The molecule has 0 fully saturated rings. The molecule has 226 valence electrons. The Morgan fingerprint density at radius 3 is 1.73 bits per heavy atom. The van der Waals surface area contributed by atoms with Crippen molar-refractivity contribution in [3.05, 3.63) is 119 Å². The number of benzene rings is 5. The second-order valence-electron chi connectivity index (χ2n) is 16.5. The van der Waals surface area contributed by atoms with E-state index >= 15 is 0 Å². The fourth-order valence-electron chi connectivity index (χ4n) is 6.78. The van der Waals surface area contributed by atoms with Crippen LogP contribution >= 0.6 is 0 Å². The summed E-state index contributed by atoms with van der Waals surface area (Å²) in [6, 6.07) is 34.7. The van der Waals surface area contributed by atoms with E-state index in [1.165, 1.54) is 60.8 Å². The van der Waals surface area contributed by atoms with Crippen LogP contribution in [0.25, 0.3) is 33.0 Å². The van der Waals surface area contributed by atoms with Gasteiger partial charge in [-0.2, -0.15) is 0 Å². The second kappa shape index (κ2) is 10.1. The van der Waals surface area contributed by atoms with E-state index in [0.29, 0.717) is 0 Å². The van der Waals surface area contributed by atoms with Crippen LogP contribution in [0.3, 0.4) is 0 Å². The van der Waals surface area contributed by atoms with Gasteiger partial charge >= 0.3 is 0 Å². The third kappa shape index (κ3) is 5.25. The van der Waals surface area contributed by atoms with E-state index in [9.17, 15) is 0 Å². The summed E-state index contributed by atoms with van der Waals surface area (Å²) in [5.41, 5.74) is 14.4. The topological polar surface area (TPSA) is 12.0 Å². The molecule has 0 aliphatic heterocycles. The first-order valence-electron chi connectivity index (χ1n) is 16.2. The van der Waals surface area contributed by atoms with Gasteiger partial charge in [-0.05, 0) is 95.8 Å². The highest BCUT2D eigenvalue weighted by atomic mass is 14.9. The van der Waals surface area contributed by atoms with Gasteiger partial charge in [-0.25, -0.2) is 0 Å². The lowest BCUT2D eigenvalue weighted by molar-refractivity contribution is 0.569. The molecule has 44 heavy (non-hydrogen) atoms. The minimum absolute atomic E-state index is 0.0469. The van der Waals surface area contributed by atoms with Crippen molar-refractivity contribution >= 4 is 22.1 Å². The molecule has 1 aliphatic carbocycles. The standard InChI is InChI=1S/C43H49N/c1-40(2,3)29-18-21-38(34(25-29)28-22-30(41(4,5)6)24-31(23-28)42(7,8)9)44-32-19-20-36-35(26-32)33-16-12-14-27-15-13-17-37(39(27)33)43(36,10)11/h12-26,44H,1-11H3. The van der Waals surface area contributed by atoms with E-state index in [-0.39, 0.29) is 21.7 Å². The van der Waals surface area contributed by atoms with Gasteiger partial charge in [0.05, 0.1) is 0 Å². The molecule has 5 aromatic carbocycles. The van der Waals surface area contributed by atoms with E-state index < -0.39 is 0 Å². The summed E-state index contributed by atoms with van der Waals surface area (Å²) in [6.45, 7) is 25.5. The fourth-order valence-corrected chi connectivity index (χ4v) is 6.78. The second-order valence-corrected chi connectivity index (χ2v) is 16.5. The normalized spacial score (nSPS) is 14.4. The first-order valence-corrected chi connectivity index (χ1v) is 16.2. The Morgan fingerprint density at radius 2 is 1.11 bits per heavy atom. The molecule has 1 heteroatoms. The average molecular weight is 580 g/mol. The summed E-state index contributed by atoms with van der Waals surface area (Å²) < 4.78 is 0. The van der Waals surface area contributed by atoms with Gasteiger partial charge in [-0.1, -0.05) is 143 Å². The van der Waals surface area contributed by atoms with Crippen LogP contribution in [0.15, 0.2) is 91.0 Å². The Labute approximate surface area is 265 Å². The number of fused-ring (bicyclic) bond motifs is 2. The Balaban J connectivity index is 1.53. The maximum absolute atomic E-state index is 3.90.